The molecule has 17 heavy (non-hydrogen) atoms. The van der Waals surface area contributed by atoms with E-state index in [0.29, 0.717) is 17.1 Å². The third kappa shape index (κ3) is 4.49. The van der Waals surface area contributed by atoms with Crippen molar-refractivity contribution < 1.29 is 17.7 Å². The molecule has 5 N–H and O–H groups in total. The highest BCUT2D eigenvalue weighted by Gasteiger charge is 2.06. The quantitative estimate of drug-likeness (QED) is 0.410. The van der Waals surface area contributed by atoms with Crippen LogP contribution in [0.5, 0.6) is 5.75 Å². The summed E-state index contributed by atoms with van der Waals surface area (Å²) in [5, 5.41) is 0. The zero-order chi connectivity index (χ0) is 13.1. The molecule has 0 saturated carbocycles. The zero-order valence-corrected chi connectivity index (χ0v) is 10.3. The molecule has 0 aliphatic rings. The molecule has 1 rings (SSSR count). The van der Waals surface area contributed by atoms with E-state index in [1.54, 1.807) is 12.1 Å². The number of anilines is 2. The number of aryl methyl sites for hydroxylation is 1. The van der Waals surface area contributed by atoms with E-state index >= 15 is 0 Å². The molecule has 6 nitrogen and oxygen atoms in total. The van der Waals surface area contributed by atoms with Crippen molar-refractivity contribution >= 4 is 21.5 Å². The lowest BCUT2D eigenvalue weighted by Crippen LogP contribution is -2.09. The van der Waals surface area contributed by atoms with Crippen LogP contribution in [-0.4, -0.2) is 25.3 Å². The summed E-state index contributed by atoms with van der Waals surface area (Å²) in [6, 6.07) is 3.28. The third-order valence-electron chi connectivity index (χ3n) is 2.18. The molecule has 0 heterocycles. The number of ether oxygens (including phenoxy) is 1. The van der Waals surface area contributed by atoms with Gasteiger partial charge in [0.15, 0.2) is 0 Å². The second-order valence-corrected chi connectivity index (χ2v) is 5.31. The Hall–Kier alpha value is -1.47. The SMILES string of the molecule is Cc1cc(N)c(N)cc1OCCCS(=O)(=O)O. The first-order chi connectivity index (χ1) is 7.79. The van der Waals surface area contributed by atoms with Gasteiger partial charge in [-0.1, -0.05) is 0 Å². The fourth-order valence-corrected chi connectivity index (χ4v) is 1.79. The van der Waals surface area contributed by atoms with Crippen LogP contribution in [-0.2, 0) is 10.1 Å². The third-order valence-corrected chi connectivity index (χ3v) is 2.99. The normalized spacial score (nSPS) is 11.4. The number of nitrogens with two attached hydrogens (primary N) is 2. The highest BCUT2D eigenvalue weighted by atomic mass is 32.2. The van der Waals surface area contributed by atoms with Gasteiger partial charge in [-0.25, -0.2) is 0 Å². The fourth-order valence-electron chi connectivity index (χ4n) is 1.31. The molecule has 0 aliphatic carbocycles. The molecule has 0 atom stereocenters. The fraction of sp³-hybridized carbons (Fsp3) is 0.400. The van der Waals surface area contributed by atoms with E-state index in [9.17, 15) is 8.42 Å². The van der Waals surface area contributed by atoms with Crippen LogP contribution in [0.15, 0.2) is 12.1 Å². The van der Waals surface area contributed by atoms with E-state index in [0.717, 1.165) is 5.56 Å². The summed E-state index contributed by atoms with van der Waals surface area (Å²) in [6.07, 6.45) is 0.211. The van der Waals surface area contributed by atoms with Crippen LogP contribution in [0.25, 0.3) is 0 Å². The zero-order valence-electron chi connectivity index (χ0n) is 9.51. The molecule has 7 heteroatoms. The van der Waals surface area contributed by atoms with Crippen LogP contribution in [0, 0.1) is 6.92 Å². The largest absolute Gasteiger partial charge is 0.493 e. The van der Waals surface area contributed by atoms with Crippen molar-refractivity contribution in [2.75, 3.05) is 23.8 Å². The van der Waals surface area contributed by atoms with Gasteiger partial charge in [0.2, 0.25) is 0 Å². The monoisotopic (exact) mass is 260 g/mol. The van der Waals surface area contributed by atoms with Crippen LogP contribution < -0.4 is 16.2 Å². The van der Waals surface area contributed by atoms with Crippen LogP contribution >= 0.6 is 0 Å². The van der Waals surface area contributed by atoms with Gasteiger partial charge in [-0.05, 0) is 25.0 Å². The molecule has 0 fully saturated rings. The Morgan fingerprint density at radius 2 is 1.88 bits per heavy atom. The smallest absolute Gasteiger partial charge is 0.264 e. The van der Waals surface area contributed by atoms with Gasteiger partial charge in [-0.2, -0.15) is 8.42 Å². The highest BCUT2D eigenvalue weighted by Crippen LogP contribution is 2.26. The Morgan fingerprint density at radius 1 is 1.29 bits per heavy atom. The van der Waals surface area contributed by atoms with E-state index in [1.807, 2.05) is 6.92 Å². The van der Waals surface area contributed by atoms with E-state index < -0.39 is 10.1 Å². The van der Waals surface area contributed by atoms with Crippen LogP contribution in [0.1, 0.15) is 12.0 Å². The molecule has 0 unspecified atom stereocenters. The number of rotatable bonds is 5. The van der Waals surface area contributed by atoms with Crippen LogP contribution in [0.4, 0.5) is 11.4 Å². The van der Waals surface area contributed by atoms with Crippen molar-refractivity contribution in [3.63, 3.8) is 0 Å². The summed E-state index contributed by atoms with van der Waals surface area (Å²) in [7, 11) is -3.93. The lowest BCUT2D eigenvalue weighted by atomic mass is 10.2. The molecular formula is C10H16N2O4S. The molecule has 1 aromatic carbocycles. The van der Waals surface area contributed by atoms with Crippen molar-refractivity contribution in [1.29, 1.82) is 0 Å². The summed E-state index contributed by atoms with van der Waals surface area (Å²) in [6.45, 7) is 2.00. The highest BCUT2D eigenvalue weighted by molar-refractivity contribution is 7.85. The number of hydrogen-bond donors (Lipinski definition) is 3. The van der Waals surface area contributed by atoms with Gasteiger partial charge >= 0.3 is 0 Å². The molecular weight excluding hydrogens is 244 g/mol. The Labute approximate surface area is 100 Å². The van der Waals surface area contributed by atoms with Crippen molar-refractivity contribution in [3.05, 3.63) is 17.7 Å². The number of nitrogen functional groups attached to an aromatic ring is 2. The van der Waals surface area contributed by atoms with Gasteiger partial charge in [-0.3, -0.25) is 4.55 Å². The molecule has 0 bridgehead atoms. The molecule has 0 amide bonds. The maximum Gasteiger partial charge on any atom is 0.264 e. The minimum absolute atomic E-state index is 0.185. The van der Waals surface area contributed by atoms with Crippen molar-refractivity contribution in [1.82, 2.24) is 0 Å². The predicted octanol–water partition coefficient (Wildman–Crippen LogP) is 0.816. The van der Waals surface area contributed by atoms with Gasteiger partial charge in [0.05, 0.1) is 23.7 Å². The second kappa shape index (κ2) is 5.24. The molecule has 0 spiro atoms. The van der Waals surface area contributed by atoms with Gasteiger partial charge in [-0.15, -0.1) is 0 Å². The molecule has 0 aromatic heterocycles. The summed E-state index contributed by atoms with van der Waals surface area (Å²) in [5.74, 6) is 0.239. The molecule has 0 saturated heterocycles. The number of hydrogen-bond acceptors (Lipinski definition) is 5. The summed E-state index contributed by atoms with van der Waals surface area (Å²) >= 11 is 0. The van der Waals surface area contributed by atoms with Crippen LogP contribution in [0.3, 0.4) is 0 Å². The van der Waals surface area contributed by atoms with Gasteiger partial charge in [0.1, 0.15) is 5.75 Å². The maximum atomic E-state index is 10.5. The van der Waals surface area contributed by atoms with Crippen LogP contribution in [0.2, 0.25) is 0 Å². The predicted molar refractivity (Wildman–Crippen MR) is 66.5 cm³/mol. The Morgan fingerprint density at radius 3 is 2.47 bits per heavy atom. The number of benzene rings is 1. The van der Waals surface area contributed by atoms with E-state index in [1.165, 1.54) is 0 Å². The topological polar surface area (TPSA) is 116 Å². The maximum absolute atomic E-state index is 10.5. The minimum Gasteiger partial charge on any atom is -0.493 e. The molecule has 96 valence electrons. The summed E-state index contributed by atoms with van der Waals surface area (Å²) in [4.78, 5) is 0. The van der Waals surface area contributed by atoms with Gasteiger partial charge in [0.25, 0.3) is 10.1 Å². The second-order valence-electron chi connectivity index (χ2n) is 3.73. The van der Waals surface area contributed by atoms with Gasteiger partial charge < -0.3 is 16.2 Å². The minimum atomic E-state index is -3.93. The summed E-state index contributed by atoms with van der Waals surface area (Å²) in [5.41, 5.74) is 12.9. The first-order valence-electron chi connectivity index (χ1n) is 5.03. The summed E-state index contributed by atoms with van der Waals surface area (Å²) < 4.78 is 34.8. The Bertz CT molecular complexity index is 499. The van der Waals surface area contributed by atoms with E-state index in [2.05, 4.69) is 0 Å². The van der Waals surface area contributed by atoms with Crippen molar-refractivity contribution in [3.8, 4) is 5.75 Å². The first kappa shape index (κ1) is 13.6. The lowest BCUT2D eigenvalue weighted by Gasteiger charge is -2.11. The molecule has 0 aliphatic heterocycles. The Kier molecular flexibility index (Phi) is 4.19. The molecule has 1 aromatic rings. The first-order valence-corrected chi connectivity index (χ1v) is 6.64. The Balaban J connectivity index is 2.55. The average Bonchev–Trinajstić information content (AvgIpc) is 2.18. The average molecular weight is 260 g/mol. The van der Waals surface area contributed by atoms with Crippen molar-refractivity contribution in [2.24, 2.45) is 0 Å². The standard InChI is InChI=1S/C10H16N2O4S/c1-7-5-8(11)9(12)6-10(7)16-3-2-4-17(13,14)15/h5-6H,2-4,11-12H2,1H3,(H,13,14,15). The van der Waals surface area contributed by atoms with E-state index in [4.69, 9.17) is 20.8 Å². The van der Waals surface area contributed by atoms with Crippen molar-refractivity contribution in [2.45, 2.75) is 13.3 Å². The molecule has 0 radical (unpaired) electrons. The van der Waals surface area contributed by atoms with E-state index in [-0.39, 0.29) is 18.8 Å². The van der Waals surface area contributed by atoms with Gasteiger partial charge in [0, 0.05) is 6.07 Å². The lowest BCUT2D eigenvalue weighted by molar-refractivity contribution is 0.314.